The monoisotopic (exact) mass is 508 g/mol. The van der Waals surface area contributed by atoms with Crippen molar-refractivity contribution in [1.29, 1.82) is 0 Å². The van der Waals surface area contributed by atoms with Gasteiger partial charge in [0.15, 0.2) is 0 Å². The Labute approximate surface area is 210 Å². The summed E-state index contributed by atoms with van der Waals surface area (Å²) in [6, 6.07) is 6.97. The molecular weight excluding hydrogens is 476 g/mol. The quantitative estimate of drug-likeness (QED) is 0.294. The Hall–Kier alpha value is -3.04. The second-order valence-electron chi connectivity index (χ2n) is 8.70. The number of amides is 1. The summed E-state index contributed by atoms with van der Waals surface area (Å²) in [5, 5.41) is 6.09. The van der Waals surface area contributed by atoms with E-state index in [-0.39, 0.29) is 37.5 Å². The highest BCUT2D eigenvalue weighted by Gasteiger charge is 2.39. The van der Waals surface area contributed by atoms with Gasteiger partial charge in [-0.1, -0.05) is 29.8 Å². The van der Waals surface area contributed by atoms with Crippen molar-refractivity contribution in [2.75, 3.05) is 33.5 Å². The summed E-state index contributed by atoms with van der Waals surface area (Å²) in [5.74, 6) is -2.03. The van der Waals surface area contributed by atoms with E-state index in [4.69, 9.17) is 30.5 Å². The van der Waals surface area contributed by atoms with Gasteiger partial charge >= 0.3 is 18.0 Å². The fraction of sp³-hybridized carbons (Fsp3) is 0.480. The lowest BCUT2D eigenvalue weighted by atomic mass is 9.80. The molecule has 0 radical (unpaired) electrons. The zero-order valence-corrected chi connectivity index (χ0v) is 21.7. The number of dihydropyridines is 1. The smallest absolute Gasteiger partial charge is 0.407 e. The molecule has 9 nitrogen and oxygen atoms in total. The largest absolute Gasteiger partial charge is 0.466 e. The molecule has 0 aromatic heterocycles. The molecule has 0 saturated heterocycles. The van der Waals surface area contributed by atoms with Crippen LogP contribution in [0.2, 0.25) is 5.02 Å². The van der Waals surface area contributed by atoms with Crippen LogP contribution in [0.4, 0.5) is 4.79 Å². The Morgan fingerprint density at radius 2 is 1.80 bits per heavy atom. The summed E-state index contributed by atoms with van der Waals surface area (Å²) >= 11 is 6.48. The van der Waals surface area contributed by atoms with Gasteiger partial charge < -0.3 is 29.6 Å². The molecule has 1 aliphatic heterocycles. The van der Waals surface area contributed by atoms with Crippen molar-refractivity contribution < 1.29 is 33.3 Å². The van der Waals surface area contributed by atoms with Crippen molar-refractivity contribution in [2.45, 2.75) is 46.1 Å². The fourth-order valence-electron chi connectivity index (χ4n) is 3.57. The molecule has 1 amide bonds. The topological polar surface area (TPSA) is 112 Å². The van der Waals surface area contributed by atoms with Crippen molar-refractivity contribution in [3.63, 3.8) is 0 Å². The SMILES string of the molecule is CCOC(=O)C1=C(COCCNC(=O)OC(C)(C)C)NC(C)=C(C(=O)OC)[C@H]1c1ccccc1Cl. The molecule has 10 heteroatoms. The number of allylic oxidation sites excluding steroid dienone is 1. The van der Waals surface area contributed by atoms with Crippen LogP contribution in [0.25, 0.3) is 0 Å². The minimum absolute atomic E-state index is 0.00308. The normalized spacial score (nSPS) is 15.9. The summed E-state index contributed by atoms with van der Waals surface area (Å²) < 4.78 is 21.2. The molecule has 1 aliphatic rings. The highest BCUT2D eigenvalue weighted by Crippen LogP contribution is 2.41. The van der Waals surface area contributed by atoms with Crippen LogP contribution in [0.1, 0.15) is 46.1 Å². The number of esters is 2. The van der Waals surface area contributed by atoms with Crippen molar-refractivity contribution in [3.05, 3.63) is 57.4 Å². The maximum absolute atomic E-state index is 13.1. The van der Waals surface area contributed by atoms with E-state index >= 15 is 0 Å². The van der Waals surface area contributed by atoms with Crippen LogP contribution in [-0.2, 0) is 28.5 Å². The predicted octanol–water partition coefficient (Wildman–Crippen LogP) is 3.83. The van der Waals surface area contributed by atoms with Gasteiger partial charge in [-0.25, -0.2) is 14.4 Å². The number of hydrogen-bond donors (Lipinski definition) is 2. The highest BCUT2D eigenvalue weighted by atomic mass is 35.5. The van der Waals surface area contributed by atoms with Crippen LogP contribution in [0.5, 0.6) is 0 Å². The first-order valence-electron chi connectivity index (χ1n) is 11.2. The van der Waals surface area contributed by atoms with Gasteiger partial charge in [-0.15, -0.1) is 0 Å². The maximum atomic E-state index is 13.1. The number of halogens is 1. The van der Waals surface area contributed by atoms with Crippen molar-refractivity contribution in [1.82, 2.24) is 10.6 Å². The second-order valence-corrected chi connectivity index (χ2v) is 9.11. The molecule has 0 aliphatic carbocycles. The lowest BCUT2D eigenvalue weighted by Gasteiger charge is -2.31. The molecule has 0 spiro atoms. The Bertz CT molecular complexity index is 1010. The summed E-state index contributed by atoms with van der Waals surface area (Å²) in [4.78, 5) is 37.7. The average Bonchev–Trinajstić information content (AvgIpc) is 2.77. The molecule has 0 fully saturated rings. The first kappa shape index (κ1) is 28.2. The van der Waals surface area contributed by atoms with Crippen LogP contribution in [0.15, 0.2) is 46.8 Å². The summed E-state index contributed by atoms with van der Waals surface area (Å²) in [5.41, 5.74) is 1.33. The van der Waals surface area contributed by atoms with E-state index < -0.39 is 29.6 Å². The molecule has 2 N–H and O–H groups in total. The van der Waals surface area contributed by atoms with E-state index in [0.717, 1.165) is 0 Å². The molecular formula is C25H33ClN2O7. The Morgan fingerprint density at radius 3 is 2.40 bits per heavy atom. The molecule has 0 saturated carbocycles. The summed E-state index contributed by atoms with van der Waals surface area (Å²) in [6.45, 7) is 9.22. The molecule has 2 rings (SSSR count). The molecule has 35 heavy (non-hydrogen) atoms. The number of alkyl carbamates (subject to hydrolysis) is 1. The second kappa shape index (κ2) is 12.6. The first-order valence-corrected chi connectivity index (χ1v) is 11.6. The van der Waals surface area contributed by atoms with E-state index in [0.29, 0.717) is 22.0 Å². The van der Waals surface area contributed by atoms with Crippen molar-refractivity contribution in [3.8, 4) is 0 Å². The number of methoxy groups -OCH3 is 1. The van der Waals surface area contributed by atoms with Crippen LogP contribution in [0.3, 0.4) is 0 Å². The average molecular weight is 509 g/mol. The number of nitrogens with one attached hydrogen (secondary N) is 2. The standard InChI is InChI=1S/C25H33ClN2O7/c1-7-34-23(30)21-18(14-33-13-12-27-24(31)35-25(3,4)5)28-15(2)19(22(29)32-6)20(21)16-10-8-9-11-17(16)26/h8-11,20,28H,7,12-14H2,1-6H3,(H,27,31)/t20-/m1/s1. The van der Waals surface area contributed by atoms with Gasteiger partial charge in [0.2, 0.25) is 0 Å². The summed E-state index contributed by atoms with van der Waals surface area (Å²) in [6.07, 6.45) is -0.552. The van der Waals surface area contributed by atoms with Gasteiger partial charge in [-0.05, 0) is 46.2 Å². The predicted molar refractivity (Wildman–Crippen MR) is 131 cm³/mol. The molecule has 1 aromatic carbocycles. The van der Waals surface area contributed by atoms with Crippen molar-refractivity contribution >= 4 is 29.6 Å². The minimum Gasteiger partial charge on any atom is -0.466 e. The van der Waals surface area contributed by atoms with Gasteiger partial charge in [0, 0.05) is 17.3 Å². The number of ether oxygens (including phenoxy) is 4. The van der Waals surface area contributed by atoms with E-state index in [1.807, 2.05) is 0 Å². The number of rotatable bonds is 9. The lowest BCUT2D eigenvalue weighted by Crippen LogP contribution is -2.36. The fourth-order valence-corrected chi connectivity index (χ4v) is 3.82. The first-order chi connectivity index (χ1) is 16.5. The van der Waals surface area contributed by atoms with Gasteiger partial charge in [0.1, 0.15) is 5.60 Å². The maximum Gasteiger partial charge on any atom is 0.407 e. The van der Waals surface area contributed by atoms with E-state index in [1.54, 1.807) is 58.9 Å². The molecule has 1 aromatic rings. The number of benzene rings is 1. The molecule has 1 heterocycles. The highest BCUT2D eigenvalue weighted by molar-refractivity contribution is 6.31. The number of carbonyl (C=O) groups is 3. The Morgan fingerprint density at radius 1 is 1.11 bits per heavy atom. The zero-order valence-electron chi connectivity index (χ0n) is 21.0. The van der Waals surface area contributed by atoms with Gasteiger partial charge in [0.05, 0.1) is 49.7 Å². The number of hydrogen-bond acceptors (Lipinski definition) is 8. The Kier molecular flexibility index (Phi) is 10.2. The van der Waals surface area contributed by atoms with Crippen LogP contribution in [-0.4, -0.2) is 57.1 Å². The number of carbonyl (C=O) groups excluding carboxylic acids is 3. The van der Waals surface area contributed by atoms with E-state index in [1.165, 1.54) is 7.11 Å². The van der Waals surface area contributed by atoms with Crippen molar-refractivity contribution in [2.24, 2.45) is 0 Å². The van der Waals surface area contributed by atoms with Crippen LogP contribution < -0.4 is 10.6 Å². The molecule has 192 valence electrons. The lowest BCUT2D eigenvalue weighted by molar-refractivity contribution is -0.139. The van der Waals surface area contributed by atoms with Gasteiger partial charge in [-0.2, -0.15) is 0 Å². The molecule has 0 bridgehead atoms. The van der Waals surface area contributed by atoms with E-state index in [9.17, 15) is 14.4 Å². The van der Waals surface area contributed by atoms with Crippen LogP contribution in [0, 0.1) is 0 Å². The third kappa shape index (κ3) is 7.73. The molecule has 1 atom stereocenters. The third-order valence-corrected chi connectivity index (χ3v) is 5.27. The zero-order chi connectivity index (χ0) is 26.2. The third-order valence-electron chi connectivity index (χ3n) is 4.92. The van der Waals surface area contributed by atoms with Gasteiger partial charge in [-0.3, -0.25) is 0 Å². The van der Waals surface area contributed by atoms with Crippen LogP contribution >= 0.6 is 11.6 Å². The van der Waals surface area contributed by atoms with Gasteiger partial charge in [0.25, 0.3) is 0 Å². The Balaban J connectivity index is 2.33. The van der Waals surface area contributed by atoms with E-state index in [2.05, 4.69) is 10.6 Å². The minimum atomic E-state index is -0.824. The molecule has 0 unspecified atom stereocenters. The summed E-state index contributed by atoms with van der Waals surface area (Å²) in [7, 11) is 1.27.